The normalized spacial score (nSPS) is 23.5. The average molecular weight is 343 g/mol. The molecule has 3 unspecified atom stereocenters. The lowest BCUT2D eigenvalue weighted by atomic mass is 9.95. The van der Waals surface area contributed by atoms with Crippen LogP contribution in [0.5, 0.6) is 0 Å². The van der Waals surface area contributed by atoms with E-state index in [1.807, 2.05) is 32.9 Å². The highest BCUT2D eigenvalue weighted by molar-refractivity contribution is 5.83. The molecule has 2 heterocycles. The summed E-state index contributed by atoms with van der Waals surface area (Å²) in [7, 11) is 1.64. The second-order valence-electron chi connectivity index (χ2n) is 6.58. The molecule has 1 aliphatic rings. The number of fused-ring (bicyclic) bond motifs is 1. The maximum Gasteiger partial charge on any atom is 0.227 e. The van der Waals surface area contributed by atoms with Gasteiger partial charge in [0.25, 0.3) is 0 Å². The summed E-state index contributed by atoms with van der Waals surface area (Å²) in [5, 5.41) is 10.5. The number of aromatic nitrogens is 2. The summed E-state index contributed by atoms with van der Waals surface area (Å²) in [5.41, 5.74) is 2.94. The van der Waals surface area contributed by atoms with Gasteiger partial charge in [-0.3, -0.25) is 10.1 Å². The molecule has 0 radical (unpaired) electrons. The van der Waals surface area contributed by atoms with Crippen molar-refractivity contribution in [2.24, 2.45) is 5.92 Å². The molecule has 0 saturated carbocycles. The number of rotatable bonds is 5. The standard InChI is InChI=1S/C18H25N5O2/c1-10-5-6-13-11(2)19-17(21-15(13)9-10)23-18-20-12(3)14(7-8-25-4)16(24)22-18/h5-6,9,12,14,18,20H,7-8H2,1-4H3,(H,22,24)(H,19,21,23). The van der Waals surface area contributed by atoms with Crippen LogP contribution in [-0.2, 0) is 9.53 Å². The number of amides is 1. The van der Waals surface area contributed by atoms with Crippen LogP contribution < -0.4 is 16.0 Å². The molecule has 2 aromatic rings. The Balaban J connectivity index is 1.75. The lowest BCUT2D eigenvalue weighted by Gasteiger charge is -2.35. The van der Waals surface area contributed by atoms with Gasteiger partial charge >= 0.3 is 0 Å². The number of ether oxygens (including phenoxy) is 1. The number of carbonyl (C=O) groups is 1. The molecule has 1 fully saturated rings. The van der Waals surface area contributed by atoms with Crippen molar-refractivity contribution in [2.45, 2.75) is 39.5 Å². The Bertz CT molecular complexity index is 779. The summed E-state index contributed by atoms with van der Waals surface area (Å²) in [4.78, 5) is 21.4. The summed E-state index contributed by atoms with van der Waals surface area (Å²) in [5.74, 6) is 0.394. The minimum absolute atomic E-state index is 0.00848. The second-order valence-corrected chi connectivity index (χ2v) is 6.58. The molecule has 3 N–H and O–H groups in total. The third-order valence-electron chi connectivity index (χ3n) is 4.61. The van der Waals surface area contributed by atoms with E-state index in [0.717, 1.165) is 22.2 Å². The summed E-state index contributed by atoms with van der Waals surface area (Å²) in [6.07, 6.45) is 0.289. The molecule has 7 nitrogen and oxygen atoms in total. The molecule has 1 aliphatic heterocycles. The number of carbonyl (C=O) groups excluding carboxylic acids is 1. The van der Waals surface area contributed by atoms with Gasteiger partial charge in [-0.2, -0.15) is 0 Å². The van der Waals surface area contributed by atoms with E-state index in [0.29, 0.717) is 19.0 Å². The predicted molar refractivity (Wildman–Crippen MR) is 97.1 cm³/mol. The second kappa shape index (κ2) is 7.33. The van der Waals surface area contributed by atoms with Crippen molar-refractivity contribution in [3.05, 3.63) is 29.5 Å². The molecule has 0 bridgehead atoms. The van der Waals surface area contributed by atoms with Gasteiger partial charge in [0, 0.05) is 25.1 Å². The number of nitrogens with zero attached hydrogens (tertiary/aromatic N) is 2. The molecule has 1 aromatic carbocycles. The fourth-order valence-electron chi connectivity index (χ4n) is 3.19. The quantitative estimate of drug-likeness (QED) is 0.766. The van der Waals surface area contributed by atoms with Gasteiger partial charge in [0.15, 0.2) is 6.29 Å². The number of aryl methyl sites for hydroxylation is 2. The zero-order valence-corrected chi connectivity index (χ0v) is 15.1. The van der Waals surface area contributed by atoms with Crippen LogP contribution in [-0.4, -0.2) is 41.9 Å². The number of nitrogens with one attached hydrogen (secondary N) is 3. The van der Waals surface area contributed by atoms with Gasteiger partial charge < -0.3 is 15.4 Å². The van der Waals surface area contributed by atoms with E-state index >= 15 is 0 Å². The first kappa shape index (κ1) is 17.6. The summed E-state index contributed by atoms with van der Waals surface area (Å²) in [6, 6.07) is 6.15. The topological polar surface area (TPSA) is 88.2 Å². The van der Waals surface area contributed by atoms with Crippen LogP contribution in [0.25, 0.3) is 10.9 Å². The van der Waals surface area contributed by atoms with Crippen molar-refractivity contribution >= 4 is 22.8 Å². The molecule has 0 aliphatic carbocycles. The Kier molecular flexibility index (Phi) is 5.15. The molecule has 1 amide bonds. The lowest BCUT2D eigenvalue weighted by molar-refractivity contribution is -0.129. The van der Waals surface area contributed by atoms with Crippen molar-refractivity contribution in [1.82, 2.24) is 20.6 Å². The first-order valence-corrected chi connectivity index (χ1v) is 8.55. The van der Waals surface area contributed by atoms with Gasteiger partial charge in [-0.15, -0.1) is 0 Å². The highest BCUT2D eigenvalue weighted by Gasteiger charge is 2.33. The maximum atomic E-state index is 12.3. The molecule has 0 spiro atoms. The summed E-state index contributed by atoms with van der Waals surface area (Å²) in [6.45, 7) is 6.56. The zero-order chi connectivity index (χ0) is 18.0. The molecule has 1 saturated heterocycles. The van der Waals surface area contributed by atoms with Crippen molar-refractivity contribution in [1.29, 1.82) is 0 Å². The first-order chi connectivity index (χ1) is 12.0. The third kappa shape index (κ3) is 3.88. The van der Waals surface area contributed by atoms with E-state index in [2.05, 4.69) is 32.0 Å². The Labute approximate surface area is 147 Å². The largest absolute Gasteiger partial charge is 0.385 e. The summed E-state index contributed by atoms with van der Waals surface area (Å²) < 4.78 is 5.08. The number of hydrogen-bond acceptors (Lipinski definition) is 6. The molecule has 25 heavy (non-hydrogen) atoms. The highest BCUT2D eigenvalue weighted by atomic mass is 16.5. The van der Waals surface area contributed by atoms with Crippen LogP contribution in [0, 0.1) is 19.8 Å². The minimum Gasteiger partial charge on any atom is -0.385 e. The summed E-state index contributed by atoms with van der Waals surface area (Å²) >= 11 is 0. The Morgan fingerprint density at radius 3 is 2.80 bits per heavy atom. The predicted octanol–water partition coefficient (Wildman–Crippen LogP) is 1.70. The van der Waals surface area contributed by atoms with Gasteiger partial charge in [-0.1, -0.05) is 12.1 Å². The smallest absolute Gasteiger partial charge is 0.227 e. The average Bonchev–Trinajstić information content (AvgIpc) is 2.53. The van der Waals surface area contributed by atoms with Crippen LogP contribution >= 0.6 is 0 Å². The van der Waals surface area contributed by atoms with Gasteiger partial charge in [-0.25, -0.2) is 9.97 Å². The van der Waals surface area contributed by atoms with Crippen LogP contribution in [0.15, 0.2) is 18.2 Å². The zero-order valence-electron chi connectivity index (χ0n) is 15.1. The Morgan fingerprint density at radius 2 is 2.08 bits per heavy atom. The Hall–Kier alpha value is -2.25. The monoisotopic (exact) mass is 343 g/mol. The molecule has 134 valence electrons. The van der Waals surface area contributed by atoms with E-state index in [1.165, 1.54) is 0 Å². The molecule has 7 heteroatoms. The van der Waals surface area contributed by atoms with Crippen molar-refractivity contribution < 1.29 is 9.53 Å². The fourth-order valence-corrected chi connectivity index (χ4v) is 3.19. The third-order valence-corrected chi connectivity index (χ3v) is 4.61. The first-order valence-electron chi connectivity index (χ1n) is 8.55. The van der Waals surface area contributed by atoms with Gasteiger partial charge in [0.2, 0.25) is 11.9 Å². The van der Waals surface area contributed by atoms with E-state index in [-0.39, 0.29) is 17.9 Å². The van der Waals surface area contributed by atoms with Crippen LogP contribution in [0.2, 0.25) is 0 Å². The number of anilines is 1. The maximum absolute atomic E-state index is 12.3. The molecule has 3 rings (SSSR count). The van der Waals surface area contributed by atoms with Crippen molar-refractivity contribution in [2.75, 3.05) is 19.0 Å². The Morgan fingerprint density at radius 1 is 1.28 bits per heavy atom. The van der Waals surface area contributed by atoms with Crippen molar-refractivity contribution in [3.8, 4) is 0 Å². The molecule has 1 aromatic heterocycles. The fraction of sp³-hybridized carbons (Fsp3) is 0.500. The molecular formula is C18H25N5O2. The van der Waals surface area contributed by atoms with Crippen LogP contribution in [0.3, 0.4) is 0 Å². The minimum atomic E-state index is -0.400. The number of hydrogen-bond donors (Lipinski definition) is 3. The van der Waals surface area contributed by atoms with E-state index < -0.39 is 6.29 Å². The van der Waals surface area contributed by atoms with Crippen molar-refractivity contribution in [3.63, 3.8) is 0 Å². The highest BCUT2D eigenvalue weighted by Crippen LogP contribution is 2.19. The number of methoxy groups -OCH3 is 1. The van der Waals surface area contributed by atoms with Gasteiger partial charge in [-0.05, 0) is 38.8 Å². The molecular weight excluding hydrogens is 318 g/mol. The van der Waals surface area contributed by atoms with Gasteiger partial charge in [0.1, 0.15) is 0 Å². The van der Waals surface area contributed by atoms with Crippen LogP contribution in [0.4, 0.5) is 5.95 Å². The van der Waals surface area contributed by atoms with E-state index in [9.17, 15) is 4.79 Å². The lowest BCUT2D eigenvalue weighted by Crippen LogP contribution is -2.63. The SMILES string of the molecule is COCCC1C(=O)NC(Nc2nc(C)c3ccc(C)cc3n2)NC1C. The molecule has 3 atom stereocenters. The number of benzene rings is 1. The van der Waals surface area contributed by atoms with Gasteiger partial charge in [0.05, 0.1) is 17.1 Å². The van der Waals surface area contributed by atoms with E-state index in [4.69, 9.17) is 4.74 Å². The van der Waals surface area contributed by atoms with Crippen LogP contribution in [0.1, 0.15) is 24.6 Å². The van der Waals surface area contributed by atoms with E-state index in [1.54, 1.807) is 7.11 Å².